The van der Waals surface area contributed by atoms with Crippen molar-refractivity contribution < 1.29 is 4.74 Å². The molecule has 14 heavy (non-hydrogen) atoms. The zero-order chi connectivity index (χ0) is 9.97. The molecule has 2 heteroatoms. The number of halogens is 1. The van der Waals surface area contributed by atoms with Gasteiger partial charge < -0.3 is 4.74 Å². The van der Waals surface area contributed by atoms with Crippen molar-refractivity contribution in [3.05, 3.63) is 35.4 Å². The largest absolute Gasteiger partial charge is 0.377 e. The van der Waals surface area contributed by atoms with Gasteiger partial charge in [0.05, 0.1) is 12.7 Å². The van der Waals surface area contributed by atoms with Crippen molar-refractivity contribution >= 4 is 15.9 Å². The van der Waals surface area contributed by atoms with Crippen LogP contribution in [0.4, 0.5) is 0 Å². The summed E-state index contributed by atoms with van der Waals surface area (Å²) in [5, 5.41) is 0.954. The molecule has 0 saturated carbocycles. The molecule has 0 N–H and O–H groups in total. The van der Waals surface area contributed by atoms with E-state index in [1.165, 1.54) is 11.1 Å². The zero-order valence-corrected chi connectivity index (χ0v) is 9.96. The van der Waals surface area contributed by atoms with Gasteiger partial charge in [0.25, 0.3) is 0 Å². The van der Waals surface area contributed by atoms with Crippen LogP contribution in [-0.2, 0) is 4.74 Å². The van der Waals surface area contributed by atoms with Gasteiger partial charge in [-0.05, 0) is 24.5 Å². The smallest absolute Gasteiger partial charge is 0.0678 e. The van der Waals surface area contributed by atoms with Crippen LogP contribution in [0.3, 0.4) is 0 Å². The molecule has 1 heterocycles. The highest BCUT2D eigenvalue weighted by Gasteiger charge is 2.26. The first kappa shape index (κ1) is 10.2. The van der Waals surface area contributed by atoms with E-state index in [9.17, 15) is 0 Å². The van der Waals surface area contributed by atoms with Gasteiger partial charge in [-0.3, -0.25) is 0 Å². The normalized spacial score (nSPS) is 26.7. The van der Waals surface area contributed by atoms with Crippen molar-refractivity contribution in [2.24, 2.45) is 0 Å². The summed E-state index contributed by atoms with van der Waals surface area (Å²) in [5.74, 6) is 0.596. The number of ether oxygens (including phenoxy) is 1. The molecule has 1 aromatic carbocycles. The van der Waals surface area contributed by atoms with Gasteiger partial charge in [0.1, 0.15) is 0 Å². The maximum Gasteiger partial charge on any atom is 0.0678 e. The third-order valence-corrected chi connectivity index (χ3v) is 3.60. The van der Waals surface area contributed by atoms with Crippen LogP contribution in [0.2, 0.25) is 0 Å². The lowest BCUT2D eigenvalue weighted by Crippen LogP contribution is -2.05. The van der Waals surface area contributed by atoms with Gasteiger partial charge in [0, 0.05) is 11.2 Å². The summed E-state index contributed by atoms with van der Waals surface area (Å²) in [6.45, 7) is 3.05. The summed E-state index contributed by atoms with van der Waals surface area (Å²) in [6.07, 6.45) is 1.55. The van der Waals surface area contributed by atoms with Gasteiger partial charge in [0.2, 0.25) is 0 Å². The van der Waals surface area contributed by atoms with Crippen molar-refractivity contribution in [1.82, 2.24) is 0 Å². The van der Waals surface area contributed by atoms with E-state index in [0.29, 0.717) is 12.0 Å². The van der Waals surface area contributed by atoms with Crippen LogP contribution in [0.1, 0.15) is 23.5 Å². The van der Waals surface area contributed by atoms with E-state index in [-0.39, 0.29) is 0 Å². The number of hydrogen-bond donors (Lipinski definition) is 0. The Morgan fingerprint density at radius 3 is 2.86 bits per heavy atom. The van der Waals surface area contributed by atoms with Crippen molar-refractivity contribution in [1.29, 1.82) is 0 Å². The molecular weight excluding hydrogens is 240 g/mol. The molecule has 0 aromatic heterocycles. The lowest BCUT2D eigenvalue weighted by molar-refractivity contribution is 0.127. The molecule has 0 aliphatic carbocycles. The monoisotopic (exact) mass is 254 g/mol. The first-order valence-electron chi connectivity index (χ1n) is 5.04. The zero-order valence-electron chi connectivity index (χ0n) is 8.37. The maximum atomic E-state index is 5.68. The summed E-state index contributed by atoms with van der Waals surface area (Å²) in [5.41, 5.74) is 2.84. The van der Waals surface area contributed by atoms with E-state index >= 15 is 0 Å². The Morgan fingerprint density at radius 2 is 2.21 bits per heavy atom. The van der Waals surface area contributed by atoms with Crippen LogP contribution >= 0.6 is 15.9 Å². The van der Waals surface area contributed by atoms with Crippen LogP contribution in [0.5, 0.6) is 0 Å². The van der Waals surface area contributed by atoms with Gasteiger partial charge in [0.15, 0.2) is 0 Å². The quantitative estimate of drug-likeness (QED) is 0.737. The fourth-order valence-corrected chi connectivity index (χ4v) is 2.53. The minimum atomic E-state index is 0.402. The summed E-state index contributed by atoms with van der Waals surface area (Å²) in [7, 11) is 0. The van der Waals surface area contributed by atoms with E-state index in [0.717, 1.165) is 18.4 Å². The van der Waals surface area contributed by atoms with Gasteiger partial charge >= 0.3 is 0 Å². The van der Waals surface area contributed by atoms with Crippen molar-refractivity contribution in [3.8, 4) is 0 Å². The molecule has 76 valence electrons. The Labute approximate surface area is 93.6 Å². The molecule has 0 amide bonds. The molecule has 0 bridgehead atoms. The maximum absolute atomic E-state index is 5.68. The molecule has 1 saturated heterocycles. The summed E-state index contributed by atoms with van der Waals surface area (Å²) < 4.78 is 5.68. The van der Waals surface area contributed by atoms with Crippen LogP contribution in [0.25, 0.3) is 0 Å². The molecule has 1 fully saturated rings. The predicted octanol–water partition coefficient (Wildman–Crippen LogP) is 3.26. The van der Waals surface area contributed by atoms with Crippen molar-refractivity contribution in [2.75, 3.05) is 11.9 Å². The third kappa shape index (κ3) is 2.01. The lowest BCUT2D eigenvalue weighted by Gasteiger charge is -2.11. The SMILES string of the molecule is Cc1ccccc1[C@@H]1CO[C@H](CBr)C1. The molecule has 0 radical (unpaired) electrons. The summed E-state index contributed by atoms with van der Waals surface area (Å²) >= 11 is 3.47. The van der Waals surface area contributed by atoms with Crippen LogP contribution < -0.4 is 0 Å². The number of benzene rings is 1. The van der Waals surface area contributed by atoms with Crippen LogP contribution in [0.15, 0.2) is 24.3 Å². The molecule has 2 rings (SSSR count). The molecule has 1 aromatic rings. The first-order valence-corrected chi connectivity index (χ1v) is 6.16. The second kappa shape index (κ2) is 4.45. The number of rotatable bonds is 2. The van der Waals surface area contributed by atoms with Crippen molar-refractivity contribution in [2.45, 2.75) is 25.4 Å². The van der Waals surface area contributed by atoms with Gasteiger partial charge in [-0.2, -0.15) is 0 Å². The second-order valence-electron chi connectivity index (χ2n) is 3.90. The highest BCUT2D eigenvalue weighted by molar-refractivity contribution is 9.09. The number of aryl methyl sites for hydroxylation is 1. The molecule has 0 spiro atoms. The molecule has 2 atom stereocenters. The fraction of sp³-hybridized carbons (Fsp3) is 0.500. The van der Waals surface area contributed by atoms with Gasteiger partial charge in [-0.1, -0.05) is 40.2 Å². The molecular formula is C12H15BrO. The molecule has 1 nitrogen and oxygen atoms in total. The highest BCUT2D eigenvalue weighted by Crippen LogP contribution is 2.31. The van der Waals surface area contributed by atoms with Gasteiger partial charge in [-0.25, -0.2) is 0 Å². The third-order valence-electron chi connectivity index (χ3n) is 2.88. The first-order chi connectivity index (χ1) is 6.81. The highest BCUT2D eigenvalue weighted by atomic mass is 79.9. The summed E-state index contributed by atoms with van der Waals surface area (Å²) in [4.78, 5) is 0. The standard InChI is InChI=1S/C12H15BrO/c1-9-4-2-3-5-12(9)10-6-11(7-13)14-8-10/h2-5,10-11H,6-8H2,1H3/t10-,11-/m0/s1. The minimum absolute atomic E-state index is 0.402. The second-order valence-corrected chi connectivity index (χ2v) is 4.55. The van der Waals surface area contributed by atoms with E-state index in [1.807, 2.05) is 0 Å². The molecule has 0 unspecified atom stereocenters. The van der Waals surface area contributed by atoms with E-state index in [2.05, 4.69) is 47.1 Å². The Balaban J connectivity index is 2.13. The minimum Gasteiger partial charge on any atom is -0.377 e. The topological polar surface area (TPSA) is 9.23 Å². The summed E-state index contributed by atoms with van der Waals surface area (Å²) in [6, 6.07) is 8.61. The van der Waals surface area contributed by atoms with E-state index in [4.69, 9.17) is 4.74 Å². The fourth-order valence-electron chi connectivity index (χ4n) is 2.07. The van der Waals surface area contributed by atoms with Crippen molar-refractivity contribution in [3.63, 3.8) is 0 Å². The number of alkyl halides is 1. The Morgan fingerprint density at radius 1 is 1.43 bits per heavy atom. The Hall–Kier alpha value is -0.340. The average molecular weight is 255 g/mol. The number of hydrogen-bond acceptors (Lipinski definition) is 1. The van der Waals surface area contributed by atoms with Gasteiger partial charge in [-0.15, -0.1) is 0 Å². The average Bonchev–Trinajstić information content (AvgIpc) is 2.67. The Bertz CT molecular complexity index is 311. The van der Waals surface area contributed by atoms with Crippen LogP contribution in [-0.4, -0.2) is 18.0 Å². The molecule has 1 aliphatic rings. The van der Waals surface area contributed by atoms with Crippen LogP contribution in [0, 0.1) is 6.92 Å². The predicted molar refractivity (Wildman–Crippen MR) is 62.1 cm³/mol. The van der Waals surface area contributed by atoms with E-state index in [1.54, 1.807) is 0 Å². The van der Waals surface area contributed by atoms with E-state index < -0.39 is 0 Å². The molecule has 1 aliphatic heterocycles. The Kier molecular flexibility index (Phi) is 3.24. The lowest BCUT2D eigenvalue weighted by atomic mass is 9.93.